The lowest BCUT2D eigenvalue weighted by molar-refractivity contribution is -0.145. The van der Waals surface area contributed by atoms with Crippen LogP contribution in [0.4, 0.5) is 4.39 Å². The highest BCUT2D eigenvalue weighted by Gasteiger charge is 2.34. The van der Waals surface area contributed by atoms with Crippen molar-refractivity contribution >= 4 is 35.2 Å². The van der Waals surface area contributed by atoms with Gasteiger partial charge in [-0.05, 0) is 18.3 Å². The van der Waals surface area contributed by atoms with Crippen molar-refractivity contribution in [1.82, 2.24) is 31.0 Å². The van der Waals surface area contributed by atoms with Crippen molar-refractivity contribution in [1.29, 1.82) is 0 Å². The number of nitrogens with one attached hydrogen (secondary N) is 3. The van der Waals surface area contributed by atoms with E-state index in [0.29, 0.717) is 18.0 Å². The summed E-state index contributed by atoms with van der Waals surface area (Å²) in [5.41, 5.74) is -0.461. The van der Waals surface area contributed by atoms with Crippen molar-refractivity contribution < 1.29 is 23.6 Å². The summed E-state index contributed by atoms with van der Waals surface area (Å²) >= 11 is 5.28. The molecule has 0 bridgehead atoms. The number of nitrogens with zero attached hydrogens (tertiary/aromatic N) is 3. The fourth-order valence-electron chi connectivity index (χ4n) is 3.03. The number of aromatic nitrogens is 2. The van der Waals surface area contributed by atoms with Crippen molar-refractivity contribution in [3.8, 4) is 0 Å². The molecule has 31 heavy (non-hydrogen) atoms. The maximum absolute atomic E-state index is 13.5. The second kappa shape index (κ2) is 10.5. The number of halogens is 2. The van der Waals surface area contributed by atoms with Gasteiger partial charge in [-0.2, -0.15) is 0 Å². The number of carbonyl (C=O) groups is 4. The number of hydrogen-bond acceptors (Lipinski definition) is 6. The molecule has 0 aliphatic carbocycles. The highest BCUT2D eigenvalue weighted by molar-refractivity contribution is 6.29. The van der Waals surface area contributed by atoms with E-state index < -0.39 is 35.3 Å². The third-order valence-electron chi connectivity index (χ3n) is 4.50. The second-order valence-corrected chi connectivity index (χ2v) is 8.77. The number of hydrazine groups is 1. The maximum atomic E-state index is 13.5. The Bertz CT molecular complexity index is 817. The Hall–Kier alpha value is -2.82. The van der Waals surface area contributed by atoms with Gasteiger partial charge in [0.2, 0.25) is 5.91 Å². The molecular formula is C19H26ClFN6O4. The fraction of sp³-hybridized carbons (Fsp3) is 0.579. The van der Waals surface area contributed by atoms with Crippen LogP contribution in [0, 0.1) is 11.3 Å². The molecule has 12 heteroatoms. The average molecular weight is 457 g/mol. The van der Waals surface area contributed by atoms with E-state index in [4.69, 9.17) is 11.6 Å². The fourth-order valence-corrected chi connectivity index (χ4v) is 3.15. The van der Waals surface area contributed by atoms with Crippen LogP contribution in [-0.2, 0) is 14.4 Å². The summed E-state index contributed by atoms with van der Waals surface area (Å²) in [6.45, 7) is 5.77. The lowest BCUT2D eigenvalue weighted by Gasteiger charge is -2.30. The topological polar surface area (TPSA) is 133 Å². The van der Waals surface area contributed by atoms with E-state index in [-0.39, 0.29) is 30.0 Å². The van der Waals surface area contributed by atoms with Crippen LogP contribution in [0.2, 0.25) is 0 Å². The predicted octanol–water partition coefficient (Wildman–Crippen LogP) is 0.542. The van der Waals surface area contributed by atoms with Gasteiger partial charge >= 0.3 is 0 Å². The first-order valence-electron chi connectivity index (χ1n) is 9.72. The molecule has 2 heterocycles. The monoisotopic (exact) mass is 456 g/mol. The summed E-state index contributed by atoms with van der Waals surface area (Å²) in [6, 6.07) is -1.07. The molecule has 2 rings (SSSR count). The van der Waals surface area contributed by atoms with Gasteiger partial charge in [-0.3, -0.25) is 29.6 Å². The molecule has 1 fully saturated rings. The lowest BCUT2D eigenvalue weighted by Crippen LogP contribution is -2.57. The predicted molar refractivity (Wildman–Crippen MR) is 109 cm³/mol. The van der Waals surface area contributed by atoms with Crippen LogP contribution in [0.1, 0.15) is 44.1 Å². The Balaban J connectivity index is 2.18. The van der Waals surface area contributed by atoms with Crippen LogP contribution in [-0.4, -0.2) is 63.4 Å². The quantitative estimate of drug-likeness (QED) is 0.405. The van der Waals surface area contributed by atoms with E-state index in [1.807, 2.05) is 20.8 Å². The first-order valence-corrected chi connectivity index (χ1v) is 10.2. The molecule has 3 atom stereocenters. The van der Waals surface area contributed by atoms with Gasteiger partial charge in [-0.25, -0.2) is 14.4 Å². The molecule has 0 radical (unpaired) electrons. The molecular weight excluding hydrogens is 431 g/mol. The van der Waals surface area contributed by atoms with Crippen molar-refractivity contribution in [3.63, 3.8) is 0 Å². The molecule has 1 aliphatic heterocycles. The van der Waals surface area contributed by atoms with Gasteiger partial charge in [0, 0.05) is 18.9 Å². The molecule has 0 saturated carbocycles. The van der Waals surface area contributed by atoms with Gasteiger partial charge < -0.3 is 10.6 Å². The van der Waals surface area contributed by atoms with Gasteiger partial charge in [-0.1, -0.05) is 32.4 Å². The SMILES string of the molecule is CC(C)(C)C[C@H](NC(=O)c1cnccn1)C(=O)NN(CC1CCNC1=O)C(=O)C(F)Cl. The van der Waals surface area contributed by atoms with Crippen molar-refractivity contribution in [2.75, 3.05) is 13.1 Å². The van der Waals surface area contributed by atoms with Crippen molar-refractivity contribution in [3.05, 3.63) is 24.3 Å². The zero-order chi connectivity index (χ0) is 23.2. The zero-order valence-corrected chi connectivity index (χ0v) is 18.3. The summed E-state index contributed by atoms with van der Waals surface area (Å²) in [5, 5.41) is 5.87. The standard InChI is InChI=1S/C19H26ClFN6O4/c1-19(2,3)8-12(25-16(29)13-9-22-6-7-23-13)17(30)26-27(18(31)14(20)21)10-11-4-5-24-15(11)28/h6-7,9,11-12,14H,4-5,8,10H2,1-3H3,(H,24,28)(H,25,29)(H,26,30)/t11?,12-,14?/m0/s1. The van der Waals surface area contributed by atoms with Crippen molar-refractivity contribution in [2.24, 2.45) is 11.3 Å². The molecule has 1 saturated heterocycles. The number of rotatable bonds is 7. The van der Waals surface area contributed by atoms with Crippen LogP contribution in [0.5, 0.6) is 0 Å². The van der Waals surface area contributed by atoms with Gasteiger partial charge in [0.25, 0.3) is 23.4 Å². The molecule has 1 aliphatic rings. The highest BCUT2D eigenvalue weighted by atomic mass is 35.5. The summed E-state index contributed by atoms with van der Waals surface area (Å²) < 4.78 is 13.5. The Labute approximate surface area is 184 Å². The molecule has 0 aromatic carbocycles. The summed E-state index contributed by atoms with van der Waals surface area (Å²) in [7, 11) is 0. The zero-order valence-electron chi connectivity index (χ0n) is 17.5. The Morgan fingerprint density at radius 2 is 2.06 bits per heavy atom. The molecule has 10 nitrogen and oxygen atoms in total. The van der Waals surface area contributed by atoms with Crippen LogP contribution >= 0.6 is 11.6 Å². The maximum Gasteiger partial charge on any atom is 0.291 e. The first kappa shape index (κ1) is 24.4. The second-order valence-electron chi connectivity index (χ2n) is 8.38. The molecule has 1 aromatic rings. The Morgan fingerprint density at radius 1 is 1.35 bits per heavy atom. The average Bonchev–Trinajstić information content (AvgIpc) is 3.10. The molecule has 3 N–H and O–H groups in total. The third kappa shape index (κ3) is 7.42. The Kier molecular flexibility index (Phi) is 8.26. The molecule has 4 amide bonds. The van der Waals surface area contributed by atoms with E-state index in [9.17, 15) is 23.6 Å². The van der Waals surface area contributed by atoms with E-state index in [1.54, 1.807) is 0 Å². The van der Waals surface area contributed by atoms with E-state index in [0.717, 1.165) is 0 Å². The van der Waals surface area contributed by atoms with Crippen LogP contribution in [0.15, 0.2) is 18.6 Å². The molecule has 170 valence electrons. The molecule has 0 spiro atoms. The molecule has 2 unspecified atom stereocenters. The van der Waals surface area contributed by atoms with Gasteiger partial charge in [0.05, 0.1) is 18.7 Å². The number of amides is 4. The summed E-state index contributed by atoms with van der Waals surface area (Å²) in [5.74, 6) is -3.51. The summed E-state index contributed by atoms with van der Waals surface area (Å²) in [4.78, 5) is 57.2. The van der Waals surface area contributed by atoms with E-state index in [1.165, 1.54) is 18.6 Å². The van der Waals surface area contributed by atoms with Gasteiger partial charge in [0.1, 0.15) is 11.7 Å². The lowest BCUT2D eigenvalue weighted by atomic mass is 9.87. The minimum Gasteiger partial charge on any atom is -0.356 e. The van der Waals surface area contributed by atoms with Crippen LogP contribution < -0.4 is 16.1 Å². The number of hydrogen-bond donors (Lipinski definition) is 3. The number of carbonyl (C=O) groups excluding carboxylic acids is 4. The minimum absolute atomic E-state index is 0.00866. The van der Waals surface area contributed by atoms with E-state index in [2.05, 4.69) is 26.0 Å². The first-order chi connectivity index (χ1) is 14.5. The number of alkyl halides is 2. The smallest absolute Gasteiger partial charge is 0.291 e. The Morgan fingerprint density at radius 3 is 2.58 bits per heavy atom. The summed E-state index contributed by atoms with van der Waals surface area (Å²) in [6.07, 6.45) is 4.61. The largest absolute Gasteiger partial charge is 0.356 e. The van der Waals surface area contributed by atoms with Crippen LogP contribution in [0.25, 0.3) is 0 Å². The highest BCUT2D eigenvalue weighted by Crippen LogP contribution is 2.21. The normalized spacial score (nSPS) is 18.0. The van der Waals surface area contributed by atoms with Crippen LogP contribution in [0.3, 0.4) is 0 Å². The third-order valence-corrected chi connectivity index (χ3v) is 4.68. The van der Waals surface area contributed by atoms with E-state index >= 15 is 0 Å². The van der Waals surface area contributed by atoms with Gasteiger partial charge in [0.15, 0.2) is 0 Å². The van der Waals surface area contributed by atoms with Crippen molar-refractivity contribution in [2.45, 2.75) is 45.3 Å². The molecule has 1 aromatic heterocycles. The minimum atomic E-state index is -2.40. The van der Waals surface area contributed by atoms with Gasteiger partial charge in [-0.15, -0.1) is 0 Å².